The van der Waals surface area contributed by atoms with Gasteiger partial charge in [-0.15, -0.1) is 0 Å². The summed E-state index contributed by atoms with van der Waals surface area (Å²) >= 11 is 5.85. The number of anilines is 1. The molecule has 2 N–H and O–H groups in total. The van der Waals surface area contributed by atoms with E-state index in [1.54, 1.807) is 12.1 Å². The van der Waals surface area contributed by atoms with E-state index in [9.17, 15) is 4.39 Å². The van der Waals surface area contributed by atoms with Crippen LogP contribution in [0.2, 0.25) is 5.15 Å². The molecule has 0 spiro atoms. The van der Waals surface area contributed by atoms with Gasteiger partial charge in [-0.1, -0.05) is 11.6 Å². The summed E-state index contributed by atoms with van der Waals surface area (Å²) in [5.74, 6) is 0.0232. The van der Waals surface area contributed by atoms with Crippen LogP contribution in [-0.2, 0) is 0 Å². The molecule has 0 radical (unpaired) electrons. The highest BCUT2D eigenvalue weighted by Crippen LogP contribution is 2.36. The Kier molecular flexibility index (Phi) is 2.81. The van der Waals surface area contributed by atoms with Crippen molar-refractivity contribution in [2.75, 3.05) is 5.73 Å². The molecule has 0 fully saturated rings. The van der Waals surface area contributed by atoms with E-state index < -0.39 is 0 Å². The van der Waals surface area contributed by atoms with Crippen LogP contribution in [0.15, 0.2) is 34.7 Å². The number of nitriles is 1. The molecule has 98 valence electrons. The number of fused-ring (bicyclic) bond motifs is 1. The summed E-state index contributed by atoms with van der Waals surface area (Å²) in [6.07, 6.45) is 0. The fraction of sp³-hybridized carbons (Fsp3) is 0. The first-order valence-electron chi connectivity index (χ1n) is 5.64. The average molecular weight is 288 g/mol. The predicted molar refractivity (Wildman–Crippen MR) is 73.5 cm³/mol. The third-order valence-corrected chi connectivity index (χ3v) is 3.19. The zero-order valence-corrected chi connectivity index (χ0v) is 10.8. The van der Waals surface area contributed by atoms with Gasteiger partial charge >= 0.3 is 0 Å². The topological polar surface area (TPSA) is 75.8 Å². The monoisotopic (exact) mass is 287 g/mol. The second-order valence-electron chi connectivity index (χ2n) is 4.14. The zero-order chi connectivity index (χ0) is 14.3. The molecule has 4 nitrogen and oxygen atoms in total. The van der Waals surface area contributed by atoms with Gasteiger partial charge in [-0.25, -0.2) is 4.39 Å². The lowest BCUT2D eigenvalue weighted by molar-refractivity contribution is 0.616. The Hall–Kier alpha value is -2.58. The van der Waals surface area contributed by atoms with Crippen LogP contribution in [0.1, 0.15) is 5.56 Å². The maximum Gasteiger partial charge on any atom is 0.230 e. The van der Waals surface area contributed by atoms with E-state index in [0.717, 1.165) is 0 Å². The van der Waals surface area contributed by atoms with Crippen LogP contribution >= 0.6 is 11.6 Å². The summed E-state index contributed by atoms with van der Waals surface area (Å²) in [5, 5.41) is 9.50. The summed E-state index contributed by atoms with van der Waals surface area (Å²) in [7, 11) is 0. The molecule has 0 amide bonds. The van der Waals surface area contributed by atoms with E-state index in [1.165, 1.54) is 18.2 Å². The van der Waals surface area contributed by atoms with Crippen LogP contribution in [0, 0.1) is 17.1 Å². The molecular weight excluding hydrogens is 281 g/mol. The third kappa shape index (κ3) is 1.87. The Balaban J connectivity index is 2.26. The Morgan fingerprint density at radius 1 is 1.30 bits per heavy atom. The predicted octanol–water partition coefficient (Wildman–Crippen LogP) is 3.74. The fourth-order valence-corrected chi connectivity index (χ4v) is 2.09. The summed E-state index contributed by atoms with van der Waals surface area (Å²) in [6.45, 7) is 0. The molecule has 3 aromatic rings. The van der Waals surface area contributed by atoms with Gasteiger partial charge < -0.3 is 10.2 Å². The van der Waals surface area contributed by atoms with Gasteiger partial charge in [-0.05, 0) is 30.3 Å². The number of halogens is 2. The maximum absolute atomic E-state index is 12.9. The van der Waals surface area contributed by atoms with Crippen molar-refractivity contribution in [3.63, 3.8) is 0 Å². The van der Waals surface area contributed by atoms with Crippen molar-refractivity contribution in [2.45, 2.75) is 0 Å². The fourth-order valence-electron chi connectivity index (χ4n) is 1.91. The molecule has 2 heterocycles. The second kappa shape index (κ2) is 4.51. The minimum absolute atomic E-state index is 0.0550. The molecule has 20 heavy (non-hydrogen) atoms. The van der Waals surface area contributed by atoms with Crippen LogP contribution in [0.25, 0.3) is 22.4 Å². The van der Waals surface area contributed by atoms with Crippen molar-refractivity contribution in [1.29, 1.82) is 5.26 Å². The molecule has 0 saturated heterocycles. The number of furan rings is 1. The van der Waals surface area contributed by atoms with Crippen molar-refractivity contribution in [3.05, 3.63) is 46.9 Å². The Labute approximate surface area is 118 Å². The molecule has 0 unspecified atom stereocenters. The van der Waals surface area contributed by atoms with Crippen LogP contribution in [-0.4, -0.2) is 4.98 Å². The molecular formula is C14H7ClFN3O. The quantitative estimate of drug-likeness (QED) is 0.692. The number of hydrogen-bond donors (Lipinski definition) is 1. The average Bonchev–Trinajstić information content (AvgIpc) is 2.75. The lowest BCUT2D eigenvalue weighted by Crippen LogP contribution is -1.87. The Bertz CT molecular complexity index is 849. The van der Waals surface area contributed by atoms with Crippen LogP contribution < -0.4 is 5.73 Å². The van der Waals surface area contributed by atoms with Crippen LogP contribution in [0.3, 0.4) is 0 Å². The zero-order valence-electron chi connectivity index (χ0n) is 10.0. The maximum atomic E-state index is 12.9. The molecule has 0 aliphatic rings. The van der Waals surface area contributed by atoms with E-state index in [4.69, 9.17) is 27.0 Å². The SMILES string of the molecule is N#Cc1cc2c(N)c(-c3ccc(F)cc3)oc2nc1Cl. The molecule has 0 aliphatic carbocycles. The van der Waals surface area contributed by atoms with E-state index >= 15 is 0 Å². The molecule has 0 saturated carbocycles. The second-order valence-corrected chi connectivity index (χ2v) is 4.50. The first-order chi connectivity index (χ1) is 9.60. The van der Waals surface area contributed by atoms with Crippen molar-refractivity contribution < 1.29 is 8.81 Å². The first kappa shape index (κ1) is 12.5. The van der Waals surface area contributed by atoms with Gasteiger partial charge in [0, 0.05) is 5.56 Å². The van der Waals surface area contributed by atoms with Gasteiger partial charge in [0.1, 0.15) is 11.9 Å². The normalized spacial score (nSPS) is 10.7. The summed E-state index contributed by atoms with van der Waals surface area (Å²) < 4.78 is 18.5. The highest BCUT2D eigenvalue weighted by atomic mass is 35.5. The van der Waals surface area contributed by atoms with Crippen molar-refractivity contribution in [2.24, 2.45) is 0 Å². The largest absolute Gasteiger partial charge is 0.435 e. The number of benzene rings is 1. The Morgan fingerprint density at radius 2 is 2.00 bits per heavy atom. The highest BCUT2D eigenvalue weighted by Gasteiger charge is 2.16. The summed E-state index contributed by atoms with van der Waals surface area (Å²) in [4.78, 5) is 3.99. The minimum atomic E-state index is -0.351. The van der Waals surface area contributed by atoms with Gasteiger partial charge in [-0.3, -0.25) is 0 Å². The number of nitrogens with zero attached hydrogens (tertiary/aromatic N) is 2. The van der Waals surface area contributed by atoms with E-state index in [2.05, 4.69) is 4.98 Å². The molecule has 0 bridgehead atoms. The van der Waals surface area contributed by atoms with Crippen molar-refractivity contribution >= 4 is 28.4 Å². The molecule has 1 aromatic carbocycles. The molecule has 3 rings (SSSR count). The van der Waals surface area contributed by atoms with Crippen molar-refractivity contribution in [3.8, 4) is 17.4 Å². The van der Waals surface area contributed by atoms with Gasteiger partial charge in [0.15, 0.2) is 10.9 Å². The number of nitrogen functional groups attached to an aromatic ring is 1. The van der Waals surface area contributed by atoms with Gasteiger partial charge in [-0.2, -0.15) is 10.2 Å². The standard InChI is InChI=1S/C14H7ClFN3O/c15-13-8(6-17)5-10-11(18)12(20-14(10)19-13)7-1-3-9(16)4-2-7/h1-5H,18H2. The smallest absolute Gasteiger partial charge is 0.230 e. The Morgan fingerprint density at radius 3 is 2.65 bits per heavy atom. The lowest BCUT2D eigenvalue weighted by atomic mass is 10.1. The highest BCUT2D eigenvalue weighted by molar-refractivity contribution is 6.31. The summed E-state index contributed by atoms with van der Waals surface area (Å²) in [6, 6.07) is 9.17. The number of hydrogen-bond acceptors (Lipinski definition) is 4. The number of pyridine rings is 1. The van der Waals surface area contributed by atoms with E-state index in [1.807, 2.05) is 6.07 Å². The molecule has 0 atom stereocenters. The van der Waals surface area contributed by atoms with E-state index in [-0.39, 0.29) is 22.2 Å². The van der Waals surface area contributed by atoms with Crippen LogP contribution in [0.5, 0.6) is 0 Å². The van der Waals surface area contributed by atoms with Gasteiger partial charge in [0.05, 0.1) is 16.6 Å². The number of nitrogens with two attached hydrogens (primary N) is 1. The van der Waals surface area contributed by atoms with Crippen LogP contribution in [0.4, 0.5) is 10.1 Å². The number of rotatable bonds is 1. The third-order valence-electron chi connectivity index (χ3n) is 2.90. The molecule has 0 aliphatic heterocycles. The molecule has 2 aromatic heterocycles. The first-order valence-corrected chi connectivity index (χ1v) is 6.02. The van der Waals surface area contributed by atoms with E-state index in [0.29, 0.717) is 22.4 Å². The van der Waals surface area contributed by atoms with Crippen molar-refractivity contribution in [1.82, 2.24) is 4.98 Å². The summed E-state index contributed by atoms with van der Waals surface area (Å²) in [5.41, 5.74) is 7.43. The lowest BCUT2D eigenvalue weighted by Gasteiger charge is -1.97. The van der Waals surface area contributed by atoms with Gasteiger partial charge in [0.25, 0.3) is 0 Å². The number of aromatic nitrogens is 1. The minimum Gasteiger partial charge on any atom is -0.435 e. The molecule has 6 heteroatoms. The van der Waals surface area contributed by atoms with Gasteiger partial charge in [0.2, 0.25) is 5.71 Å².